The van der Waals surface area contributed by atoms with Gasteiger partial charge in [0, 0.05) is 17.7 Å². The number of aromatic nitrogens is 1. The summed E-state index contributed by atoms with van der Waals surface area (Å²) in [5.41, 5.74) is 2.52. The van der Waals surface area contributed by atoms with E-state index in [2.05, 4.69) is 18.0 Å². The van der Waals surface area contributed by atoms with Gasteiger partial charge in [-0.05, 0) is 49.7 Å². The second-order valence-electron chi connectivity index (χ2n) is 5.43. The number of hydrogen-bond donors (Lipinski definition) is 0. The molecule has 1 heterocycles. The lowest BCUT2D eigenvalue weighted by atomic mass is 9.79. The lowest BCUT2D eigenvalue weighted by Gasteiger charge is -2.26. The van der Waals surface area contributed by atoms with E-state index in [1.165, 1.54) is 11.1 Å². The Morgan fingerprint density at radius 2 is 2.11 bits per heavy atom. The van der Waals surface area contributed by atoms with Gasteiger partial charge in [-0.15, -0.1) is 0 Å². The van der Waals surface area contributed by atoms with Gasteiger partial charge >= 0.3 is 0 Å². The molecular weight excluding hydrogens is 238 g/mol. The maximum Gasteiger partial charge on any atom is 0.216 e. The molecule has 0 aliphatic heterocycles. The van der Waals surface area contributed by atoms with Crippen molar-refractivity contribution in [1.29, 1.82) is 0 Å². The maximum absolute atomic E-state index is 10.8. The van der Waals surface area contributed by atoms with Crippen LogP contribution in [0.15, 0.2) is 12.3 Å². The van der Waals surface area contributed by atoms with Crippen molar-refractivity contribution in [2.75, 3.05) is 7.11 Å². The van der Waals surface area contributed by atoms with E-state index in [1.54, 1.807) is 7.11 Å². The fourth-order valence-corrected chi connectivity index (χ4v) is 2.96. The number of hydrogen-bond acceptors (Lipinski definition) is 3. The second-order valence-corrected chi connectivity index (χ2v) is 5.43. The fraction of sp³-hybridized carbons (Fsp3) is 0.625. The van der Waals surface area contributed by atoms with Gasteiger partial charge in [0.05, 0.1) is 7.11 Å². The summed E-state index contributed by atoms with van der Waals surface area (Å²) in [5, 5.41) is 0. The molecule has 104 valence electrons. The van der Waals surface area contributed by atoms with Gasteiger partial charge in [-0.3, -0.25) is 0 Å². The van der Waals surface area contributed by atoms with Crippen LogP contribution >= 0.6 is 0 Å². The molecule has 3 nitrogen and oxygen atoms in total. The summed E-state index contributed by atoms with van der Waals surface area (Å²) in [5.74, 6) is 1.59. The molecular formula is C16H23NO2. The number of carbonyl (C=O) groups is 1. The number of pyridine rings is 1. The molecule has 0 bridgehead atoms. The Morgan fingerprint density at radius 1 is 1.37 bits per heavy atom. The number of ether oxygens (including phenoxy) is 1. The van der Waals surface area contributed by atoms with Crippen molar-refractivity contribution in [1.82, 2.24) is 4.98 Å². The van der Waals surface area contributed by atoms with E-state index in [4.69, 9.17) is 4.74 Å². The molecule has 0 aromatic carbocycles. The molecule has 0 N–H and O–H groups in total. The largest absolute Gasteiger partial charge is 0.481 e. The van der Waals surface area contributed by atoms with Crippen molar-refractivity contribution in [2.45, 2.75) is 51.4 Å². The van der Waals surface area contributed by atoms with Crippen LogP contribution in [-0.2, 0) is 11.2 Å². The SMILES string of the molecule is CCCc1cc(C2CCC(C=O)CC2)cnc1OC. The monoisotopic (exact) mass is 261 g/mol. The predicted molar refractivity (Wildman–Crippen MR) is 75.5 cm³/mol. The maximum atomic E-state index is 10.8. The highest BCUT2D eigenvalue weighted by Gasteiger charge is 2.22. The first-order chi connectivity index (χ1) is 9.28. The molecule has 0 radical (unpaired) electrons. The molecule has 0 unspecified atom stereocenters. The van der Waals surface area contributed by atoms with E-state index >= 15 is 0 Å². The first-order valence-electron chi connectivity index (χ1n) is 7.26. The molecule has 19 heavy (non-hydrogen) atoms. The molecule has 3 heteroatoms. The van der Waals surface area contributed by atoms with Gasteiger partial charge in [-0.2, -0.15) is 0 Å². The number of nitrogens with zero attached hydrogens (tertiary/aromatic N) is 1. The number of methoxy groups -OCH3 is 1. The Labute approximate surface area is 115 Å². The van der Waals surface area contributed by atoms with Crippen molar-refractivity contribution in [3.63, 3.8) is 0 Å². The van der Waals surface area contributed by atoms with E-state index < -0.39 is 0 Å². The minimum atomic E-state index is 0.276. The third kappa shape index (κ3) is 3.34. The highest BCUT2D eigenvalue weighted by Crippen LogP contribution is 2.36. The summed E-state index contributed by atoms with van der Waals surface area (Å²) in [7, 11) is 1.68. The van der Waals surface area contributed by atoms with E-state index in [-0.39, 0.29) is 5.92 Å². The van der Waals surface area contributed by atoms with Crippen molar-refractivity contribution in [3.8, 4) is 5.88 Å². The van der Waals surface area contributed by atoms with Crippen LogP contribution in [0.4, 0.5) is 0 Å². The molecule has 0 atom stereocenters. The Kier molecular flexibility index (Phi) is 4.94. The Morgan fingerprint density at radius 3 is 2.68 bits per heavy atom. The topological polar surface area (TPSA) is 39.2 Å². The lowest BCUT2D eigenvalue weighted by molar-refractivity contribution is -0.111. The number of aryl methyl sites for hydroxylation is 1. The van der Waals surface area contributed by atoms with Crippen molar-refractivity contribution < 1.29 is 9.53 Å². The molecule has 1 aliphatic carbocycles. The number of rotatable bonds is 5. The summed E-state index contributed by atoms with van der Waals surface area (Å²) in [6, 6.07) is 2.25. The standard InChI is InChI=1S/C16H23NO2/c1-3-4-14-9-15(10-17-16(14)19-2)13-7-5-12(11-18)6-8-13/h9-13H,3-8H2,1-2H3. The summed E-state index contributed by atoms with van der Waals surface area (Å²) in [6.45, 7) is 2.17. The van der Waals surface area contributed by atoms with Crippen molar-refractivity contribution in [3.05, 3.63) is 23.4 Å². The molecule has 1 fully saturated rings. The molecule has 0 saturated heterocycles. The molecule has 0 spiro atoms. The normalized spacial score (nSPS) is 23.1. The summed E-state index contributed by atoms with van der Waals surface area (Å²) < 4.78 is 5.32. The predicted octanol–water partition coefficient (Wildman–Crippen LogP) is 3.52. The van der Waals surface area contributed by atoms with Gasteiger partial charge in [0.15, 0.2) is 0 Å². The third-order valence-corrected chi connectivity index (χ3v) is 4.09. The van der Waals surface area contributed by atoms with Crippen LogP contribution in [0.2, 0.25) is 0 Å². The van der Waals surface area contributed by atoms with Crippen LogP contribution in [0.3, 0.4) is 0 Å². The summed E-state index contributed by atoms with van der Waals surface area (Å²) >= 11 is 0. The van der Waals surface area contributed by atoms with Gasteiger partial charge in [0.1, 0.15) is 6.29 Å². The fourth-order valence-electron chi connectivity index (χ4n) is 2.96. The molecule has 0 amide bonds. The molecule has 1 saturated carbocycles. The van der Waals surface area contributed by atoms with Gasteiger partial charge in [-0.1, -0.05) is 13.3 Å². The highest BCUT2D eigenvalue weighted by atomic mass is 16.5. The van der Waals surface area contributed by atoms with Crippen LogP contribution in [0.5, 0.6) is 5.88 Å². The summed E-state index contributed by atoms with van der Waals surface area (Å²) in [4.78, 5) is 15.2. The quantitative estimate of drug-likeness (QED) is 0.761. The van der Waals surface area contributed by atoms with Crippen molar-refractivity contribution >= 4 is 6.29 Å². The number of aldehydes is 1. The van der Waals surface area contributed by atoms with Crippen LogP contribution in [0.25, 0.3) is 0 Å². The highest BCUT2D eigenvalue weighted by molar-refractivity contribution is 5.53. The zero-order chi connectivity index (χ0) is 13.7. The average molecular weight is 261 g/mol. The minimum absolute atomic E-state index is 0.276. The van der Waals surface area contributed by atoms with Gasteiger partial charge in [0.25, 0.3) is 0 Å². The van der Waals surface area contributed by atoms with Gasteiger partial charge < -0.3 is 9.53 Å². The Bertz CT molecular complexity index is 423. The van der Waals surface area contributed by atoms with Crippen LogP contribution in [0.1, 0.15) is 56.1 Å². The average Bonchev–Trinajstić information content (AvgIpc) is 2.47. The first-order valence-corrected chi connectivity index (χ1v) is 7.26. The first kappa shape index (κ1) is 14.0. The number of carbonyl (C=O) groups excluding carboxylic acids is 1. The molecule has 1 aliphatic rings. The Hall–Kier alpha value is -1.38. The second kappa shape index (κ2) is 6.69. The molecule has 2 rings (SSSR count). The zero-order valence-electron chi connectivity index (χ0n) is 11.9. The van der Waals surface area contributed by atoms with Gasteiger partial charge in [0.2, 0.25) is 5.88 Å². The molecule has 1 aromatic rings. The van der Waals surface area contributed by atoms with E-state index in [9.17, 15) is 4.79 Å². The Balaban J connectivity index is 2.12. The van der Waals surface area contributed by atoms with Crippen LogP contribution < -0.4 is 4.74 Å². The van der Waals surface area contributed by atoms with Crippen molar-refractivity contribution in [2.24, 2.45) is 5.92 Å². The van der Waals surface area contributed by atoms with Gasteiger partial charge in [-0.25, -0.2) is 4.98 Å². The zero-order valence-corrected chi connectivity index (χ0v) is 11.9. The lowest BCUT2D eigenvalue weighted by Crippen LogP contribution is -2.14. The molecule has 1 aromatic heterocycles. The van der Waals surface area contributed by atoms with Crippen LogP contribution in [-0.4, -0.2) is 18.4 Å². The van der Waals surface area contributed by atoms with E-state index in [1.807, 2.05) is 6.20 Å². The van der Waals surface area contributed by atoms with E-state index in [0.29, 0.717) is 5.92 Å². The van der Waals surface area contributed by atoms with Crippen LogP contribution in [0, 0.1) is 5.92 Å². The third-order valence-electron chi connectivity index (χ3n) is 4.09. The minimum Gasteiger partial charge on any atom is -0.481 e. The summed E-state index contributed by atoms with van der Waals surface area (Å²) in [6.07, 6.45) is 9.40. The van der Waals surface area contributed by atoms with E-state index in [0.717, 1.165) is 50.7 Å². The smallest absolute Gasteiger partial charge is 0.216 e.